The quantitative estimate of drug-likeness (QED) is 0.270. The van der Waals surface area contributed by atoms with Gasteiger partial charge in [-0.3, -0.25) is 20.2 Å². The summed E-state index contributed by atoms with van der Waals surface area (Å²) in [4.78, 5) is 18.7. The van der Waals surface area contributed by atoms with Crippen molar-refractivity contribution in [2.75, 3.05) is 0 Å². The van der Waals surface area contributed by atoms with Gasteiger partial charge in [-0.15, -0.1) is 12.8 Å². The second kappa shape index (κ2) is 4.07. The Morgan fingerprint density at radius 1 is 1.08 bits per heavy atom. The van der Waals surface area contributed by atoms with Gasteiger partial charge in [0, 0.05) is 0 Å². The van der Waals surface area contributed by atoms with Gasteiger partial charge in [0.05, 0.1) is 0 Å². The molecule has 0 aliphatic carbocycles. The SMILES string of the molecule is C#CCC(CC#C)([N+](=O)[O-])[N+](=O)[O-]. The van der Waals surface area contributed by atoms with Crippen molar-refractivity contribution in [2.24, 2.45) is 0 Å². The van der Waals surface area contributed by atoms with Crippen LogP contribution in [0.2, 0.25) is 0 Å². The van der Waals surface area contributed by atoms with E-state index in [2.05, 4.69) is 0 Å². The van der Waals surface area contributed by atoms with Crippen molar-refractivity contribution in [3.05, 3.63) is 20.2 Å². The second-order valence-electron chi connectivity index (χ2n) is 2.26. The van der Waals surface area contributed by atoms with Gasteiger partial charge >= 0.3 is 5.66 Å². The molecule has 0 radical (unpaired) electrons. The average Bonchev–Trinajstić information content (AvgIpc) is 2.03. The molecule has 0 aliphatic heterocycles. The Balaban J connectivity index is 5.09. The minimum absolute atomic E-state index is 0.614. The molecular weight excluding hydrogens is 176 g/mol. The maximum atomic E-state index is 10.4. The van der Waals surface area contributed by atoms with Gasteiger partial charge in [0.1, 0.15) is 9.85 Å². The maximum Gasteiger partial charge on any atom is 0.479 e. The number of hydrogen-bond donors (Lipinski definition) is 0. The summed E-state index contributed by atoms with van der Waals surface area (Å²) in [7, 11) is 0. The third-order valence-corrected chi connectivity index (χ3v) is 1.45. The molecule has 6 heteroatoms. The molecule has 0 aromatic carbocycles. The predicted octanol–water partition coefficient (Wildman–Crippen LogP) is 0.283. The number of hydrogen-bond acceptors (Lipinski definition) is 4. The normalized spacial score (nSPS) is 9.69. The first-order valence-corrected chi connectivity index (χ1v) is 3.17. The Labute approximate surface area is 74.2 Å². The van der Waals surface area contributed by atoms with E-state index in [-0.39, 0.29) is 0 Å². The Bertz CT molecular complexity index is 277. The summed E-state index contributed by atoms with van der Waals surface area (Å²) in [5.74, 6) is 3.75. The summed E-state index contributed by atoms with van der Waals surface area (Å²) in [6, 6.07) is 0. The molecular formula is C7H6N2O4. The molecule has 0 N–H and O–H groups in total. The summed E-state index contributed by atoms with van der Waals surface area (Å²) < 4.78 is 0. The van der Waals surface area contributed by atoms with Crippen LogP contribution >= 0.6 is 0 Å². The van der Waals surface area contributed by atoms with Crippen molar-refractivity contribution in [1.29, 1.82) is 0 Å². The molecule has 0 fully saturated rings. The zero-order chi connectivity index (χ0) is 10.5. The summed E-state index contributed by atoms with van der Waals surface area (Å²) in [5.41, 5.74) is -2.43. The molecule has 6 nitrogen and oxygen atoms in total. The molecule has 0 unspecified atom stereocenters. The smallest absolute Gasteiger partial charge is 0.258 e. The molecule has 0 aromatic heterocycles. The highest BCUT2D eigenvalue weighted by Crippen LogP contribution is 2.19. The van der Waals surface area contributed by atoms with Gasteiger partial charge in [-0.2, -0.15) is 0 Å². The average molecular weight is 182 g/mol. The van der Waals surface area contributed by atoms with Gasteiger partial charge in [-0.25, -0.2) is 0 Å². The topological polar surface area (TPSA) is 86.3 Å². The highest BCUT2D eigenvalue weighted by atomic mass is 16.7. The molecule has 0 atom stereocenters. The van der Waals surface area contributed by atoms with Crippen molar-refractivity contribution in [3.63, 3.8) is 0 Å². The highest BCUT2D eigenvalue weighted by Gasteiger charge is 2.54. The lowest BCUT2D eigenvalue weighted by Gasteiger charge is -2.11. The molecule has 0 saturated heterocycles. The van der Waals surface area contributed by atoms with Gasteiger partial charge < -0.3 is 0 Å². The molecule has 0 heterocycles. The summed E-state index contributed by atoms with van der Waals surface area (Å²) in [5, 5.41) is 20.8. The zero-order valence-electron chi connectivity index (χ0n) is 6.60. The van der Waals surface area contributed by atoms with Gasteiger partial charge in [-0.1, -0.05) is 11.8 Å². The van der Waals surface area contributed by atoms with Crippen molar-refractivity contribution >= 4 is 0 Å². The fourth-order valence-electron chi connectivity index (χ4n) is 0.714. The molecule has 0 rings (SSSR count). The van der Waals surface area contributed by atoms with Gasteiger partial charge in [0.2, 0.25) is 0 Å². The largest absolute Gasteiger partial charge is 0.479 e. The lowest BCUT2D eigenvalue weighted by molar-refractivity contribution is -0.794. The van der Waals surface area contributed by atoms with E-state index in [1.807, 2.05) is 11.8 Å². The molecule has 0 amide bonds. The Kier molecular flexibility index (Phi) is 3.42. The van der Waals surface area contributed by atoms with E-state index in [0.717, 1.165) is 0 Å². The first-order chi connectivity index (χ1) is 6.01. The number of nitro groups is 2. The molecule has 13 heavy (non-hydrogen) atoms. The minimum Gasteiger partial charge on any atom is -0.258 e. The Morgan fingerprint density at radius 3 is 1.54 bits per heavy atom. The van der Waals surface area contributed by atoms with E-state index in [1.165, 1.54) is 0 Å². The van der Waals surface area contributed by atoms with E-state index in [1.54, 1.807) is 0 Å². The second-order valence-corrected chi connectivity index (χ2v) is 2.26. The van der Waals surface area contributed by atoms with Crippen LogP contribution in [-0.2, 0) is 0 Å². The van der Waals surface area contributed by atoms with Crippen LogP contribution in [0.3, 0.4) is 0 Å². The lowest BCUT2D eigenvalue weighted by atomic mass is 10.0. The van der Waals surface area contributed by atoms with E-state index in [9.17, 15) is 20.2 Å². The van der Waals surface area contributed by atoms with Crippen LogP contribution in [0.25, 0.3) is 0 Å². The number of rotatable bonds is 4. The van der Waals surface area contributed by atoms with Gasteiger partial charge in [-0.05, 0) is 0 Å². The molecule has 0 aliphatic rings. The Morgan fingerprint density at radius 2 is 1.38 bits per heavy atom. The first-order valence-electron chi connectivity index (χ1n) is 3.17. The maximum absolute atomic E-state index is 10.4. The monoisotopic (exact) mass is 182 g/mol. The van der Waals surface area contributed by atoms with E-state index < -0.39 is 28.4 Å². The third-order valence-electron chi connectivity index (χ3n) is 1.45. The molecule has 0 aromatic rings. The third kappa shape index (κ3) is 1.94. The van der Waals surface area contributed by atoms with E-state index >= 15 is 0 Å². The van der Waals surface area contributed by atoms with Crippen LogP contribution in [0.4, 0.5) is 0 Å². The standard InChI is InChI=1S/C7H6N2O4/c1-3-5-7(6-4-2,8(10)11)9(12)13/h1-2H,5-6H2. The number of nitrogens with zero attached hydrogens (tertiary/aromatic N) is 2. The van der Waals surface area contributed by atoms with E-state index in [4.69, 9.17) is 12.8 Å². The lowest BCUT2D eigenvalue weighted by Crippen LogP contribution is -2.45. The summed E-state index contributed by atoms with van der Waals surface area (Å²) in [6.07, 6.45) is 8.36. The van der Waals surface area contributed by atoms with Crippen molar-refractivity contribution < 1.29 is 9.85 Å². The van der Waals surface area contributed by atoms with Crippen molar-refractivity contribution in [2.45, 2.75) is 18.5 Å². The van der Waals surface area contributed by atoms with Crippen LogP contribution in [0.1, 0.15) is 12.8 Å². The fraction of sp³-hybridized carbons (Fsp3) is 0.429. The van der Waals surface area contributed by atoms with Crippen LogP contribution in [0.5, 0.6) is 0 Å². The zero-order valence-corrected chi connectivity index (χ0v) is 6.60. The predicted molar refractivity (Wildman–Crippen MR) is 43.6 cm³/mol. The highest BCUT2D eigenvalue weighted by molar-refractivity contribution is 4.97. The first kappa shape index (κ1) is 10.9. The van der Waals surface area contributed by atoms with Crippen LogP contribution in [0, 0.1) is 44.9 Å². The van der Waals surface area contributed by atoms with Gasteiger partial charge in [0.15, 0.2) is 12.8 Å². The molecule has 0 bridgehead atoms. The molecule has 68 valence electrons. The molecule has 0 spiro atoms. The van der Waals surface area contributed by atoms with Gasteiger partial charge in [0.25, 0.3) is 0 Å². The molecule has 0 saturated carbocycles. The fourth-order valence-corrected chi connectivity index (χ4v) is 0.714. The summed E-state index contributed by atoms with van der Waals surface area (Å²) >= 11 is 0. The van der Waals surface area contributed by atoms with Crippen molar-refractivity contribution in [1.82, 2.24) is 0 Å². The number of terminal acetylenes is 2. The minimum atomic E-state index is -2.43. The van der Waals surface area contributed by atoms with E-state index in [0.29, 0.717) is 0 Å². The van der Waals surface area contributed by atoms with Crippen LogP contribution < -0.4 is 0 Å². The van der Waals surface area contributed by atoms with Crippen molar-refractivity contribution in [3.8, 4) is 24.7 Å². The van der Waals surface area contributed by atoms with Crippen LogP contribution in [0.15, 0.2) is 0 Å². The Hall–Kier alpha value is -2.08. The van der Waals surface area contributed by atoms with Crippen LogP contribution in [-0.4, -0.2) is 15.5 Å². The summed E-state index contributed by atoms with van der Waals surface area (Å²) in [6.45, 7) is 0.